The van der Waals surface area contributed by atoms with Gasteiger partial charge >= 0.3 is 12.3 Å². The molecule has 0 aromatic heterocycles. The Balaban J connectivity index is 3.01. The smallest absolute Gasteiger partial charge is 0.457 e. The molecule has 1 rings (SSSR count). The van der Waals surface area contributed by atoms with Crippen molar-refractivity contribution in [2.75, 3.05) is 0 Å². The molecule has 0 N–H and O–H groups in total. The fourth-order valence-corrected chi connectivity index (χ4v) is 1.47. The first-order valence-corrected chi connectivity index (χ1v) is 6.24. The first-order chi connectivity index (χ1) is 9.48. The van der Waals surface area contributed by atoms with Gasteiger partial charge in [-0.3, -0.25) is 0 Å². The Bertz CT molecular complexity index is 540. The van der Waals surface area contributed by atoms with Gasteiger partial charge in [-0.2, -0.15) is 0 Å². The summed E-state index contributed by atoms with van der Waals surface area (Å²) in [5.74, 6) is -0.961. The van der Waals surface area contributed by atoms with Gasteiger partial charge < -0.3 is 9.47 Å². The lowest BCUT2D eigenvalue weighted by Gasteiger charge is -2.19. The molecule has 0 spiro atoms. The van der Waals surface area contributed by atoms with Crippen LogP contribution < -0.4 is 4.74 Å². The third-order valence-corrected chi connectivity index (χ3v) is 2.24. The van der Waals surface area contributed by atoms with Crippen molar-refractivity contribution in [2.24, 2.45) is 0 Å². The molecule has 0 saturated carbocycles. The van der Waals surface area contributed by atoms with Crippen molar-refractivity contribution in [3.8, 4) is 5.75 Å². The summed E-state index contributed by atoms with van der Waals surface area (Å²) in [5, 5.41) is 0. The fraction of sp³-hybridized carbons (Fsp3) is 0.400. The van der Waals surface area contributed by atoms with Crippen LogP contribution in [-0.4, -0.2) is 17.9 Å². The van der Waals surface area contributed by atoms with E-state index in [1.165, 1.54) is 31.2 Å². The highest BCUT2D eigenvalue weighted by molar-refractivity contribution is 5.93. The third kappa shape index (κ3) is 6.33. The molecule has 0 bridgehead atoms. The zero-order valence-corrected chi connectivity index (χ0v) is 12.2. The monoisotopic (exact) mass is 302 g/mol. The summed E-state index contributed by atoms with van der Waals surface area (Å²) in [6, 6.07) is 5.58. The molecule has 0 atom stereocenters. The Kier molecular flexibility index (Phi) is 5.04. The molecule has 1 aromatic rings. The molecule has 0 unspecified atom stereocenters. The first-order valence-electron chi connectivity index (χ1n) is 6.24. The highest BCUT2D eigenvalue weighted by Crippen LogP contribution is 2.28. The molecule has 0 amide bonds. The minimum atomic E-state index is -4.79. The number of alkyl halides is 3. The van der Waals surface area contributed by atoms with Gasteiger partial charge in [0.15, 0.2) is 0 Å². The number of rotatable bonds is 3. The minimum absolute atomic E-state index is 0.151. The van der Waals surface area contributed by atoms with Crippen LogP contribution in [0.5, 0.6) is 5.75 Å². The van der Waals surface area contributed by atoms with Crippen LogP contribution in [0.2, 0.25) is 0 Å². The van der Waals surface area contributed by atoms with Crippen LogP contribution in [0.15, 0.2) is 29.8 Å². The summed E-state index contributed by atoms with van der Waals surface area (Å²) in [4.78, 5) is 11.8. The molecule has 0 radical (unpaired) electrons. The van der Waals surface area contributed by atoms with Gasteiger partial charge in [-0.25, -0.2) is 4.79 Å². The quantitative estimate of drug-likeness (QED) is 0.616. The van der Waals surface area contributed by atoms with E-state index in [9.17, 15) is 18.0 Å². The number of esters is 1. The van der Waals surface area contributed by atoms with Crippen LogP contribution in [0.25, 0.3) is 6.08 Å². The van der Waals surface area contributed by atoms with Crippen LogP contribution in [-0.2, 0) is 9.53 Å². The highest BCUT2D eigenvalue weighted by Gasteiger charge is 2.31. The van der Waals surface area contributed by atoms with E-state index in [4.69, 9.17) is 4.74 Å². The summed E-state index contributed by atoms with van der Waals surface area (Å²) < 4.78 is 46.0. The molecule has 6 heteroatoms. The molecule has 3 nitrogen and oxygen atoms in total. The fourth-order valence-electron chi connectivity index (χ4n) is 1.47. The Morgan fingerprint density at radius 3 is 2.24 bits per heavy atom. The molecule has 1 aromatic carbocycles. The van der Waals surface area contributed by atoms with Gasteiger partial charge in [-0.05, 0) is 39.8 Å². The predicted molar refractivity (Wildman–Crippen MR) is 72.6 cm³/mol. The summed E-state index contributed by atoms with van der Waals surface area (Å²) in [7, 11) is 0. The van der Waals surface area contributed by atoms with E-state index in [-0.39, 0.29) is 16.9 Å². The molecular formula is C15H17F3O3. The molecule has 0 fully saturated rings. The summed E-state index contributed by atoms with van der Waals surface area (Å²) in [5.41, 5.74) is -0.338. The molecule has 0 saturated heterocycles. The SMILES string of the molecule is C/C(=C\c1ccccc1OC(F)(F)F)C(=O)OC(C)(C)C. The van der Waals surface area contributed by atoms with Crippen molar-refractivity contribution in [3.05, 3.63) is 35.4 Å². The number of carbonyl (C=O) groups is 1. The van der Waals surface area contributed by atoms with Gasteiger partial charge in [0.05, 0.1) is 0 Å². The molecule has 116 valence electrons. The standard InChI is InChI=1S/C15H17F3O3/c1-10(13(19)21-14(2,3)4)9-11-7-5-6-8-12(11)20-15(16,17)18/h5-9H,1-4H3/b10-9+. The number of carbonyl (C=O) groups excluding carboxylic acids is 1. The summed E-state index contributed by atoms with van der Waals surface area (Å²) in [6.45, 7) is 6.59. The van der Waals surface area contributed by atoms with Crippen molar-refractivity contribution in [1.29, 1.82) is 0 Å². The topological polar surface area (TPSA) is 35.5 Å². The van der Waals surface area contributed by atoms with Crippen LogP contribution in [0.3, 0.4) is 0 Å². The van der Waals surface area contributed by atoms with Crippen molar-refractivity contribution in [2.45, 2.75) is 39.7 Å². The number of benzene rings is 1. The number of halogens is 3. The Labute approximate surface area is 121 Å². The van der Waals surface area contributed by atoms with Crippen LogP contribution >= 0.6 is 0 Å². The molecular weight excluding hydrogens is 285 g/mol. The average Bonchev–Trinajstić information content (AvgIpc) is 2.27. The Hall–Kier alpha value is -1.98. The molecule has 0 aliphatic rings. The molecule has 0 heterocycles. The van der Waals surface area contributed by atoms with Crippen molar-refractivity contribution in [3.63, 3.8) is 0 Å². The van der Waals surface area contributed by atoms with E-state index in [1.807, 2.05) is 0 Å². The van der Waals surface area contributed by atoms with Crippen LogP contribution in [0.4, 0.5) is 13.2 Å². The number of hydrogen-bond donors (Lipinski definition) is 0. The first kappa shape index (κ1) is 17.1. The van der Waals surface area contributed by atoms with Gasteiger partial charge in [0.1, 0.15) is 11.4 Å². The lowest BCUT2D eigenvalue weighted by molar-refractivity contribution is -0.274. The Morgan fingerprint density at radius 2 is 1.71 bits per heavy atom. The van der Waals surface area contributed by atoms with Crippen molar-refractivity contribution < 1.29 is 27.4 Å². The van der Waals surface area contributed by atoms with Gasteiger partial charge in [-0.15, -0.1) is 13.2 Å². The van der Waals surface area contributed by atoms with E-state index < -0.39 is 17.9 Å². The second-order valence-electron chi connectivity index (χ2n) is 5.41. The average molecular weight is 302 g/mol. The lowest BCUT2D eigenvalue weighted by Crippen LogP contribution is -2.24. The van der Waals surface area contributed by atoms with E-state index in [1.54, 1.807) is 26.8 Å². The molecule has 0 aliphatic heterocycles. The summed E-state index contributed by atoms with van der Waals surface area (Å²) in [6.07, 6.45) is -3.49. The van der Waals surface area contributed by atoms with E-state index in [0.29, 0.717) is 0 Å². The maximum absolute atomic E-state index is 12.3. The van der Waals surface area contributed by atoms with E-state index >= 15 is 0 Å². The van der Waals surface area contributed by atoms with Gasteiger partial charge in [0, 0.05) is 11.1 Å². The van der Waals surface area contributed by atoms with E-state index in [0.717, 1.165) is 0 Å². The molecule has 0 aliphatic carbocycles. The number of hydrogen-bond acceptors (Lipinski definition) is 3. The van der Waals surface area contributed by atoms with Gasteiger partial charge in [0.25, 0.3) is 0 Å². The number of para-hydroxylation sites is 1. The van der Waals surface area contributed by atoms with Gasteiger partial charge in [-0.1, -0.05) is 18.2 Å². The lowest BCUT2D eigenvalue weighted by atomic mass is 10.1. The van der Waals surface area contributed by atoms with Gasteiger partial charge in [0.2, 0.25) is 0 Å². The largest absolute Gasteiger partial charge is 0.573 e. The third-order valence-electron chi connectivity index (χ3n) is 2.24. The van der Waals surface area contributed by atoms with Crippen LogP contribution in [0.1, 0.15) is 33.3 Å². The zero-order valence-electron chi connectivity index (χ0n) is 12.2. The maximum Gasteiger partial charge on any atom is 0.573 e. The summed E-state index contributed by atoms with van der Waals surface area (Å²) >= 11 is 0. The Morgan fingerprint density at radius 1 is 1.14 bits per heavy atom. The van der Waals surface area contributed by atoms with Crippen molar-refractivity contribution in [1.82, 2.24) is 0 Å². The second kappa shape index (κ2) is 6.20. The van der Waals surface area contributed by atoms with E-state index in [2.05, 4.69) is 4.74 Å². The number of ether oxygens (including phenoxy) is 2. The zero-order chi connectivity index (χ0) is 16.3. The maximum atomic E-state index is 12.3. The van der Waals surface area contributed by atoms with Crippen LogP contribution in [0, 0.1) is 0 Å². The normalized spacial score (nSPS) is 13.0. The predicted octanol–water partition coefficient (Wildman–Crippen LogP) is 4.33. The van der Waals surface area contributed by atoms with Crippen molar-refractivity contribution >= 4 is 12.0 Å². The molecule has 21 heavy (non-hydrogen) atoms. The second-order valence-corrected chi connectivity index (χ2v) is 5.41. The highest BCUT2D eigenvalue weighted by atomic mass is 19.4. The minimum Gasteiger partial charge on any atom is -0.457 e.